The first-order valence-corrected chi connectivity index (χ1v) is 4.69. The highest BCUT2D eigenvalue weighted by atomic mass is 16.6. The standard InChI is InChI=1S/C10H13NO5/c1-15-4-5-16-10-6-8(7-12)2-3-9(10)11(13)14/h2-3,6,12H,4-5,7H2,1H3. The van der Waals surface area contributed by atoms with Crippen LogP contribution in [-0.4, -0.2) is 30.4 Å². The van der Waals surface area contributed by atoms with Crippen molar-refractivity contribution in [3.05, 3.63) is 33.9 Å². The van der Waals surface area contributed by atoms with Gasteiger partial charge >= 0.3 is 5.69 Å². The first-order chi connectivity index (χ1) is 7.69. The summed E-state index contributed by atoms with van der Waals surface area (Å²) in [5, 5.41) is 19.6. The molecule has 1 aromatic carbocycles. The number of nitro groups is 1. The number of aliphatic hydroxyl groups excluding tert-OH is 1. The molecule has 6 heteroatoms. The van der Waals surface area contributed by atoms with E-state index in [1.54, 1.807) is 0 Å². The molecule has 0 aliphatic heterocycles. The van der Waals surface area contributed by atoms with Gasteiger partial charge in [0.15, 0.2) is 5.75 Å². The molecule has 0 radical (unpaired) electrons. The van der Waals surface area contributed by atoms with Crippen LogP contribution in [0.3, 0.4) is 0 Å². The smallest absolute Gasteiger partial charge is 0.310 e. The number of hydrogen-bond donors (Lipinski definition) is 1. The summed E-state index contributed by atoms with van der Waals surface area (Å²) in [7, 11) is 1.52. The molecule has 0 amide bonds. The van der Waals surface area contributed by atoms with Gasteiger partial charge in [0.2, 0.25) is 0 Å². The van der Waals surface area contributed by atoms with Crippen LogP contribution in [0.2, 0.25) is 0 Å². The van der Waals surface area contributed by atoms with E-state index in [1.165, 1.54) is 25.3 Å². The summed E-state index contributed by atoms with van der Waals surface area (Å²) in [6, 6.07) is 4.25. The van der Waals surface area contributed by atoms with Crippen molar-refractivity contribution in [1.29, 1.82) is 0 Å². The molecular formula is C10H13NO5. The van der Waals surface area contributed by atoms with E-state index in [2.05, 4.69) is 0 Å². The SMILES string of the molecule is COCCOc1cc(CO)ccc1[N+](=O)[O-]. The minimum atomic E-state index is -0.525. The molecular weight excluding hydrogens is 214 g/mol. The van der Waals surface area contributed by atoms with E-state index >= 15 is 0 Å². The van der Waals surface area contributed by atoms with Crippen LogP contribution in [-0.2, 0) is 11.3 Å². The van der Waals surface area contributed by atoms with Crippen molar-refractivity contribution in [2.45, 2.75) is 6.61 Å². The maximum absolute atomic E-state index is 10.7. The zero-order valence-corrected chi connectivity index (χ0v) is 8.88. The Kier molecular flexibility index (Phi) is 4.68. The molecule has 0 fully saturated rings. The van der Waals surface area contributed by atoms with Crippen LogP contribution in [0, 0.1) is 10.1 Å². The van der Waals surface area contributed by atoms with Crippen LogP contribution in [0.5, 0.6) is 5.75 Å². The van der Waals surface area contributed by atoms with Gasteiger partial charge in [-0.1, -0.05) is 0 Å². The van der Waals surface area contributed by atoms with Crippen molar-refractivity contribution in [2.24, 2.45) is 0 Å². The summed E-state index contributed by atoms with van der Waals surface area (Å²) >= 11 is 0. The lowest BCUT2D eigenvalue weighted by Crippen LogP contribution is -2.06. The normalized spacial score (nSPS) is 10.1. The molecule has 1 rings (SSSR count). The Bertz CT molecular complexity index is 366. The van der Waals surface area contributed by atoms with E-state index in [1.807, 2.05) is 0 Å². The molecule has 0 spiro atoms. The number of benzene rings is 1. The fourth-order valence-electron chi connectivity index (χ4n) is 1.16. The number of ether oxygens (including phenoxy) is 2. The summed E-state index contributed by atoms with van der Waals surface area (Å²) in [6.07, 6.45) is 0. The zero-order valence-electron chi connectivity index (χ0n) is 8.88. The second-order valence-electron chi connectivity index (χ2n) is 3.06. The highest BCUT2D eigenvalue weighted by Crippen LogP contribution is 2.27. The van der Waals surface area contributed by atoms with Gasteiger partial charge in [0.05, 0.1) is 18.1 Å². The molecule has 16 heavy (non-hydrogen) atoms. The van der Waals surface area contributed by atoms with E-state index in [9.17, 15) is 10.1 Å². The summed E-state index contributed by atoms with van der Waals surface area (Å²) in [5.74, 6) is 0.147. The Morgan fingerprint density at radius 2 is 2.19 bits per heavy atom. The predicted molar refractivity (Wildman–Crippen MR) is 56.4 cm³/mol. The second-order valence-corrected chi connectivity index (χ2v) is 3.06. The molecule has 0 unspecified atom stereocenters. The third-order valence-corrected chi connectivity index (χ3v) is 1.95. The van der Waals surface area contributed by atoms with E-state index in [-0.39, 0.29) is 24.7 Å². The van der Waals surface area contributed by atoms with Gasteiger partial charge in [-0.25, -0.2) is 0 Å². The maximum atomic E-state index is 10.7. The first-order valence-electron chi connectivity index (χ1n) is 4.69. The number of rotatable bonds is 6. The molecule has 1 N–H and O–H groups in total. The van der Waals surface area contributed by atoms with Crippen LogP contribution in [0.1, 0.15) is 5.56 Å². The number of nitro benzene ring substituents is 1. The van der Waals surface area contributed by atoms with Gasteiger partial charge in [-0.15, -0.1) is 0 Å². The molecule has 0 bridgehead atoms. The minimum absolute atomic E-state index is 0.117. The summed E-state index contributed by atoms with van der Waals surface area (Å²) in [5.41, 5.74) is 0.450. The van der Waals surface area contributed by atoms with Crippen molar-refractivity contribution < 1.29 is 19.5 Å². The molecule has 0 aliphatic rings. The Morgan fingerprint density at radius 3 is 2.75 bits per heavy atom. The number of nitrogens with zero attached hydrogens (tertiary/aromatic N) is 1. The maximum Gasteiger partial charge on any atom is 0.310 e. The quantitative estimate of drug-likeness (QED) is 0.447. The number of aliphatic hydroxyl groups is 1. The van der Waals surface area contributed by atoms with E-state index in [0.29, 0.717) is 12.2 Å². The van der Waals surface area contributed by atoms with E-state index in [4.69, 9.17) is 14.6 Å². The van der Waals surface area contributed by atoms with Crippen LogP contribution in [0.4, 0.5) is 5.69 Å². The summed E-state index contributed by atoms with van der Waals surface area (Å²) in [6.45, 7) is 0.394. The van der Waals surface area contributed by atoms with Gasteiger partial charge in [0.1, 0.15) is 6.61 Å². The largest absolute Gasteiger partial charge is 0.484 e. The second kappa shape index (κ2) is 6.04. The lowest BCUT2D eigenvalue weighted by Gasteiger charge is -2.07. The fraction of sp³-hybridized carbons (Fsp3) is 0.400. The van der Waals surface area contributed by atoms with Gasteiger partial charge in [0.25, 0.3) is 0 Å². The van der Waals surface area contributed by atoms with Gasteiger partial charge in [-0.05, 0) is 17.7 Å². The molecule has 88 valence electrons. The summed E-state index contributed by atoms with van der Waals surface area (Å²) < 4.78 is 9.98. The summed E-state index contributed by atoms with van der Waals surface area (Å²) in [4.78, 5) is 10.2. The number of hydrogen-bond acceptors (Lipinski definition) is 5. The first kappa shape index (κ1) is 12.4. The van der Waals surface area contributed by atoms with Gasteiger partial charge < -0.3 is 14.6 Å². The molecule has 1 aromatic rings. The number of methoxy groups -OCH3 is 1. The van der Waals surface area contributed by atoms with Gasteiger partial charge in [-0.2, -0.15) is 0 Å². The van der Waals surface area contributed by atoms with Crippen molar-refractivity contribution >= 4 is 5.69 Å². The molecule has 0 saturated heterocycles. The lowest BCUT2D eigenvalue weighted by atomic mass is 10.2. The predicted octanol–water partition coefficient (Wildman–Crippen LogP) is 1.11. The van der Waals surface area contributed by atoms with Gasteiger partial charge in [0, 0.05) is 13.2 Å². The Balaban J connectivity index is 2.87. The van der Waals surface area contributed by atoms with Gasteiger partial charge in [-0.3, -0.25) is 10.1 Å². The van der Waals surface area contributed by atoms with Crippen molar-refractivity contribution in [3.63, 3.8) is 0 Å². The average molecular weight is 227 g/mol. The Labute approximate surface area is 92.6 Å². The topological polar surface area (TPSA) is 81.8 Å². The minimum Gasteiger partial charge on any atom is -0.484 e. The molecule has 0 saturated carbocycles. The molecule has 0 heterocycles. The van der Waals surface area contributed by atoms with Crippen LogP contribution in [0.25, 0.3) is 0 Å². The Morgan fingerprint density at radius 1 is 1.44 bits per heavy atom. The van der Waals surface area contributed by atoms with Crippen molar-refractivity contribution in [1.82, 2.24) is 0 Å². The Hall–Kier alpha value is -1.66. The fourth-order valence-corrected chi connectivity index (χ4v) is 1.16. The highest BCUT2D eigenvalue weighted by Gasteiger charge is 2.15. The molecule has 6 nitrogen and oxygen atoms in total. The highest BCUT2D eigenvalue weighted by molar-refractivity contribution is 5.48. The third kappa shape index (κ3) is 3.18. The lowest BCUT2D eigenvalue weighted by molar-refractivity contribution is -0.385. The molecule has 0 atom stereocenters. The molecule has 0 aliphatic carbocycles. The van der Waals surface area contributed by atoms with Crippen LogP contribution < -0.4 is 4.74 Å². The third-order valence-electron chi connectivity index (χ3n) is 1.95. The van der Waals surface area contributed by atoms with E-state index < -0.39 is 4.92 Å². The van der Waals surface area contributed by atoms with Crippen LogP contribution >= 0.6 is 0 Å². The monoisotopic (exact) mass is 227 g/mol. The molecule has 0 aromatic heterocycles. The van der Waals surface area contributed by atoms with E-state index in [0.717, 1.165) is 0 Å². The zero-order chi connectivity index (χ0) is 12.0. The van der Waals surface area contributed by atoms with Crippen LogP contribution in [0.15, 0.2) is 18.2 Å². The average Bonchev–Trinajstić information content (AvgIpc) is 2.29. The van der Waals surface area contributed by atoms with Crippen molar-refractivity contribution in [3.8, 4) is 5.75 Å². The van der Waals surface area contributed by atoms with Crippen molar-refractivity contribution in [2.75, 3.05) is 20.3 Å².